The van der Waals surface area contributed by atoms with Crippen molar-refractivity contribution in [1.29, 1.82) is 0 Å². The van der Waals surface area contributed by atoms with Gasteiger partial charge in [0.2, 0.25) is 0 Å². The van der Waals surface area contributed by atoms with Crippen molar-refractivity contribution in [2.75, 3.05) is 13.6 Å². The predicted octanol–water partition coefficient (Wildman–Crippen LogP) is 3.40. The van der Waals surface area contributed by atoms with Gasteiger partial charge in [0.05, 0.1) is 23.5 Å². The van der Waals surface area contributed by atoms with Gasteiger partial charge in [-0.05, 0) is 43.6 Å². The molecule has 1 saturated heterocycles. The molecular formula is C31H35NO6. The van der Waals surface area contributed by atoms with Crippen molar-refractivity contribution in [3.63, 3.8) is 0 Å². The smallest absolute Gasteiger partial charge is 0.319 e. The van der Waals surface area contributed by atoms with Gasteiger partial charge in [0, 0.05) is 35.9 Å². The molecule has 0 saturated carbocycles. The maximum Gasteiger partial charge on any atom is 0.319 e. The predicted molar refractivity (Wildman–Crippen MR) is 141 cm³/mol. The Bertz CT molecular complexity index is 1320. The van der Waals surface area contributed by atoms with Crippen molar-refractivity contribution >= 4 is 11.8 Å². The van der Waals surface area contributed by atoms with E-state index in [1.807, 2.05) is 63.4 Å². The molecule has 0 aromatic heterocycles. The molecule has 2 N–H and O–H groups in total. The van der Waals surface area contributed by atoms with E-state index in [1.165, 1.54) is 0 Å². The number of Topliss-reactive ketones (excluding diaryl/α,β-unsaturated/α-hetero) is 1. The lowest BCUT2D eigenvalue weighted by atomic mass is 9.50. The number of likely N-dealkylation sites (N-methyl/N-ethyl adjacent to an activating group) is 1. The van der Waals surface area contributed by atoms with Gasteiger partial charge in [0.1, 0.15) is 17.3 Å². The van der Waals surface area contributed by atoms with Crippen molar-refractivity contribution in [3.05, 3.63) is 76.6 Å². The van der Waals surface area contributed by atoms with Crippen LogP contribution < -0.4 is 4.74 Å². The maximum absolute atomic E-state index is 13.7. The normalized spacial score (nSPS) is 29.8. The lowest BCUT2D eigenvalue weighted by molar-refractivity contribution is -0.170. The molecule has 1 spiro atoms. The monoisotopic (exact) mass is 517 g/mol. The Morgan fingerprint density at radius 3 is 2.66 bits per heavy atom. The number of carbonyl (C=O) groups excluding carboxylic acids is 2. The van der Waals surface area contributed by atoms with Gasteiger partial charge in [-0.2, -0.15) is 0 Å². The summed E-state index contributed by atoms with van der Waals surface area (Å²) in [6, 6.07) is 13.1. The largest absolute Gasteiger partial charge is 0.481 e. The highest BCUT2D eigenvalue weighted by atomic mass is 16.6. The van der Waals surface area contributed by atoms with Gasteiger partial charge in [0.25, 0.3) is 0 Å². The first-order valence-electron chi connectivity index (χ1n) is 13.6. The highest BCUT2D eigenvalue weighted by Crippen LogP contribution is 2.64. The van der Waals surface area contributed by atoms with Crippen LogP contribution >= 0.6 is 0 Å². The minimum atomic E-state index is -1.10. The van der Waals surface area contributed by atoms with Crippen LogP contribution in [0.2, 0.25) is 0 Å². The number of piperidine rings is 1. The number of esters is 1. The first-order valence-corrected chi connectivity index (χ1v) is 13.6. The number of carbonyl (C=O) groups is 2. The Morgan fingerprint density at radius 2 is 1.95 bits per heavy atom. The van der Waals surface area contributed by atoms with Gasteiger partial charge in [-0.15, -0.1) is 0 Å². The van der Waals surface area contributed by atoms with Crippen molar-refractivity contribution in [1.82, 2.24) is 4.90 Å². The molecule has 0 amide bonds. The van der Waals surface area contributed by atoms with E-state index in [0.717, 1.165) is 23.2 Å². The molecule has 2 aromatic carbocycles. The third kappa shape index (κ3) is 3.45. The summed E-state index contributed by atoms with van der Waals surface area (Å²) in [5.41, 5.74) is 1.59. The fourth-order valence-corrected chi connectivity index (χ4v) is 7.28. The summed E-state index contributed by atoms with van der Waals surface area (Å²) in [6.45, 7) is 4.25. The average molecular weight is 518 g/mol. The van der Waals surface area contributed by atoms with Gasteiger partial charge in [-0.3, -0.25) is 9.59 Å². The molecule has 1 fully saturated rings. The van der Waals surface area contributed by atoms with Crippen molar-refractivity contribution in [2.45, 2.75) is 75.2 Å². The lowest BCUT2D eigenvalue weighted by Crippen LogP contribution is -2.74. The molecular weight excluding hydrogens is 482 g/mol. The van der Waals surface area contributed by atoms with Crippen LogP contribution in [0.4, 0.5) is 0 Å². The number of hydrogen-bond acceptors (Lipinski definition) is 7. The van der Waals surface area contributed by atoms with E-state index in [1.54, 1.807) is 6.08 Å². The van der Waals surface area contributed by atoms with E-state index >= 15 is 0 Å². The molecule has 0 radical (unpaired) electrons. The Morgan fingerprint density at radius 1 is 1.18 bits per heavy atom. The molecule has 4 aliphatic rings. The van der Waals surface area contributed by atoms with Crippen molar-refractivity contribution < 1.29 is 29.3 Å². The van der Waals surface area contributed by atoms with Gasteiger partial charge >= 0.3 is 5.97 Å². The Kier molecular flexibility index (Phi) is 6.02. The zero-order chi connectivity index (χ0) is 26.8. The summed E-state index contributed by atoms with van der Waals surface area (Å²) in [4.78, 5) is 28.7. The molecule has 5 atom stereocenters. The molecule has 7 nitrogen and oxygen atoms in total. The maximum atomic E-state index is 13.7. The van der Waals surface area contributed by atoms with Crippen molar-refractivity contribution in [2.24, 2.45) is 5.92 Å². The summed E-state index contributed by atoms with van der Waals surface area (Å²) in [5.74, 6) is -0.453. The Hall–Kier alpha value is -3.00. The highest BCUT2D eigenvalue weighted by molar-refractivity contribution is 5.89. The molecule has 6 rings (SSSR count). The third-order valence-corrected chi connectivity index (χ3v) is 9.38. The van der Waals surface area contributed by atoms with Gasteiger partial charge in [-0.25, -0.2) is 0 Å². The third-order valence-electron chi connectivity index (χ3n) is 9.38. The molecule has 0 unspecified atom stereocenters. The van der Waals surface area contributed by atoms with Crippen LogP contribution in [0.1, 0.15) is 61.3 Å². The van der Waals surface area contributed by atoms with Crippen LogP contribution in [-0.4, -0.2) is 58.2 Å². The quantitative estimate of drug-likeness (QED) is 0.544. The van der Waals surface area contributed by atoms with Gasteiger partial charge in [0.15, 0.2) is 6.10 Å². The summed E-state index contributed by atoms with van der Waals surface area (Å²) < 4.78 is 12.7. The van der Waals surface area contributed by atoms with Crippen LogP contribution in [-0.2, 0) is 32.8 Å². The molecule has 38 heavy (non-hydrogen) atoms. The minimum Gasteiger partial charge on any atom is -0.481 e. The number of hydrogen-bond donors (Lipinski definition) is 2. The number of rotatable bonds is 7. The van der Waals surface area contributed by atoms with E-state index in [9.17, 15) is 19.8 Å². The van der Waals surface area contributed by atoms with E-state index in [4.69, 9.17) is 9.47 Å². The second-order valence-corrected chi connectivity index (χ2v) is 11.6. The summed E-state index contributed by atoms with van der Waals surface area (Å²) in [5, 5.41) is 22.4. The summed E-state index contributed by atoms with van der Waals surface area (Å²) >= 11 is 0. The topological polar surface area (TPSA) is 96.3 Å². The van der Waals surface area contributed by atoms with Crippen LogP contribution in [0.25, 0.3) is 0 Å². The second-order valence-electron chi connectivity index (χ2n) is 11.6. The van der Waals surface area contributed by atoms with Crippen LogP contribution in [0.15, 0.2) is 54.3 Å². The summed E-state index contributed by atoms with van der Waals surface area (Å²) in [6.07, 6.45) is 2.82. The van der Waals surface area contributed by atoms with Crippen LogP contribution in [0.3, 0.4) is 0 Å². The van der Waals surface area contributed by atoms with E-state index < -0.39 is 29.0 Å². The van der Waals surface area contributed by atoms with Gasteiger partial charge < -0.3 is 24.6 Å². The lowest BCUT2D eigenvalue weighted by Gasteiger charge is -2.61. The first-order chi connectivity index (χ1) is 18.2. The standard InChI is InChI=1S/C31H35NO6/c1-18(2)23(34)16-22(19-7-5-4-6-8-19)29(35)37-24-11-12-31(36)25-15-20-9-10-21(17-33)27-26(20)30(31,28(24)38-27)13-14-32(25)3/h4-11,18,22,25,28,33,36H,12-17H2,1-3H3/t22-,25+,28-,30-,31+/m0/s1. The summed E-state index contributed by atoms with van der Waals surface area (Å²) in [7, 11) is 2.05. The molecule has 2 bridgehead atoms. The van der Waals surface area contributed by atoms with Crippen LogP contribution in [0, 0.1) is 5.92 Å². The number of likely N-dealkylation sites (tertiary alicyclic amines) is 1. The zero-order valence-corrected chi connectivity index (χ0v) is 22.1. The SMILES string of the molecule is CC(C)C(=O)C[C@H](C(=O)OC1=CC[C@@]2(O)[C@H]3Cc4ccc(CO)c5c4[C@@]2(CCN3C)[C@H]1O5)c1ccccc1. The Balaban J connectivity index is 1.40. The zero-order valence-electron chi connectivity index (χ0n) is 22.1. The minimum absolute atomic E-state index is 0.00594. The van der Waals surface area contributed by atoms with Crippen molar-refractivity contribution in [3.8, 4) is 5.75 Å². The molecule has 200 valence electrons. The van der Waals surface area contributed by atoms with E-state index in [0.29, 0.717) is 36.3 Å². The van der Waals surface area contributed by atoms with Crippen LogP contribution in [0.5, 0.6) is 5.75 Å². The van der Waals surface area contributed by atoms with E-state index in [-0.39, 0.29) is 30.8 Å². The van der Waals surface area contributed by atoms with Gasteiger partial charge in [-0.1, -0.05) is 56.3 Å². The Labute approximate surface area is 223 Å². The number of ketones is 1. The number of benzene rings is 2. The molecule has 2 heterocycles. The molecule has 7 heteroatoms. The first kappa shape index (κ1) is 25.3. The molecule has 2 aliphatic heterocycles. The second kappa shape index (κ2) is 9.04. The number of nitrogens with zero attached hydrogens (tertiary/aromatic N) is 1. The average Bonchev–Trinajstić information content (AvgIpc) is 3.27. The van der Waals surface area contributed by atoms with E-state index in [2.05, 4.69) is 4.90 Å². The number of aliphatic hydroxyl groups is 2. The fourth-order valence-electron chi connectivity index (χ4n) is 7.28. The highest BCUT2D eigenvalue weighted by Gasteiger charge is 2.71. The molecule has 2 aromatic rings. The number of ether oxygens (including phenoxy) is 2. The molecule has 2 aliphatic carbocycles. The number of aliphatic hydroxyl groups excluding tert-OH is 1. The fraction of sp³-hybridized carbons (Fsp3) is 0.484.